The van der Waals surface area contributed by atoms with Gasteiger partial charge in [-0.1, -0.05) is 43.7 Å². The lowest BCUT2D eigenvalue weighted by Gasteiger charge is -2.26. The molecule has 0 bridgehead atoms. The minimum atomic E-state index is -0.932. The molecule has 1 aliphatic heterocycles. The average molecular weight is 375 g/mol. The van der Waals surface area contributed by atoms with Crippen LogP contribution in [0.3, 0.4) is 0 Å². The molecule has 0 aromatic heterocycles. The van der Waals surface area contributed by atoms with E-state index in [1.807, 2.05) is 37.3 Å². The van der Waals surface area contributed by atoms with Gasteiger partial charge in [-0.15, -0.1) is 0 Å². The van der Waals surface area contributed by atoms with E-state index in [0.717, 1.165) is 23.3 Å². The van der Waals surface area contributed by atoms with Crippen LogP contribution >= 0.6 is 0 Å². The fraction of sp³-hybridized carbons (Fsp3) is 0.571. The topological polar surface area (TPSA) is 72.9 Å². The van der Waals surface area contributed by atoms with Crippen molar-refractivity contribution in [3.8, 4) is 0 Å². The van der Waals surface area contributed by atoms with Gasteiger partial charge in [-0.05, 0) is 45.6 Å². The summed E-state index contributed by atoms with van der Waals surface area (Å²) in [5, 5.41) is 0. The molecule has 27 heavy (non-hydrogen) atoms. The molecule has 2 atom stereocenters. The molecule has 2 amide bonds. The fourth-order valence-corrected chi connectivity index (χ4v) is 3.04. The molecular weight excluding hydrogens is 346 g/mol. The molecular formula is C21H29NO5. The third kappa shape index (κ3) is 5.81. The zero-order valence-corrected chi connectivity index (χ0v) is 16.6. The van der Waals surface area contributed by atoms with Crippen molar-refractivity contribution in [3.05, 3.63) is 35.9 Å². The van der Waals surface area contributed by atoms with Crippen LogP contribution in [0, 0.1) is 5.92 Å². The number of unbranched alkanes of at least 4 members (excludes halogenated alkanes) is 1. The molecule has 1 saturated heterocycles. The Hall–Kier alpha value is -2.37. The summed E-state index contributed by atoms with van der Waals surface area (Å²) in [7, 11) is 0. The van der Waals surface area contributed by atoms with E-state index in [1.54, 1.807) is 20.8 Å². The van der Waals surface area contributed by atoms with Crippen molar-refractivity contribution in [1.29, 1.82) is 0 Å². The van der Waals surface area contributed by atoms with Gasteiger partial charge in [-0.2, -0.15) is 0 Å². The Balaban J connectivity index is 2.18. The summed E-state index contributed by atoms with van der Waals surface area (Å²) < 4.78 is 10.6. The third-order valence-electron chi connectivity index (χ3n) is 4.34. The van der Waals surface area contributed by atoms with Crippen LogP contribution in [0.15, 0.2) is 30.3 Å². The van der Waals surface area contributed by atoms with Crippen molar-refractivity contribution in [2.75, 3.05) is 6.61 Å². The Morgan fingerprint density at radius 2 is 1.85 bits per heavy atom. The number of nitrogens with zero attached hydrogens (tertiary/aromatic N) is 1. The van der Waals surface area contributed by atoms with E-state index in [1.165, 1.54) is 0 Å². The molecule has 148 valence electrons. The molecule has 0 aliphatic carbocycles. The molecule has 0 unspecified atom stereocenters. The van der Waals surface area contributed by atoms with Crippen LogP contribution in [-0.2, 0) is 25.5 Å². The number of amides is 2. The van der Waals surface area contributed by atoms with Crippen molar-refractivity contribution in [3.63, 3.8) is 0 Å². The van der Waals surface area contributed by atoms with E-state index < -0.39 is 29.6 Å². The molecule has 1 fully saturated rings. The first-order chi connectivity index (χ1) is 12.7. The molecule has 1 heterocycles. The molecule has 1 aromatic carbocycles. The Kier molecular flexibility index (Phi) is 6.99. The number of benzene rings is 1. The van der Waals surface area contributed by atoms with Crippen LogP contribution in [0.4, 0.5) is 4.79 Å². The van der Waals surface area contributed by atoms with Crippen LogP contribution in [0.1, 0.15) is 52.5 Å². The molecule has 1 aromatic rings. The number of carbonyl (C=O) groups excluding carboxylic acids is 3. The summed E-state index contributed by atoms with van der Waals surface area (Å²) in [4.78, 5) is 39.0. The van der Waals surface area contributed by atoms with Crippen LogP contribution < -0.4 is 0 Å². The molecule has 0 N–H and O–H groups in total. The minimum absolute atomic E-state index is 0.248. The highest BCUT2D eigenvalue weighted by atomic mass is 16.6. The highest BCUT2D eigenvalue weighted by molar-refractivity contribution is 6.00. The monoisotopic (exact) mass is 375 g/mol. The summed E-state index contributed by atoms with van der Waals surface area (Å²) in [6, 6.07) is 8.63. The van der Waals surface area contributed by atoms with E-state index in [0.29, 0.717) is 6.42 Å². The molecule has 2 rings (SSSR count). The number of rotatable bonds is 6. The molecule has 6 heteroatoms. The zero-order valence-electron chi connectivity index (χ0n) is 16.6. The predicted octanol–water partition coefficient (Wildman–Crippen LogP) is 3.72. The largest absolute Gasteiger partial charge is 0.464 e. The number of esters is 1. The number of imide groups is 1. The maximum Gasteiger partial charge on any atom is 0.417 e. The quantitative estimate of drug-likeness (QED) is 0.560. The standard InChI is InChI=1S/C21H29NO5/c1-5-6-12-26-19(24)17-14-16(13-15-10-8-7-9-11-15)18(23)22(17)20(25)27-21(2,3)4/h7-11,16-17H,5-6,12-14H2,1-4H3/t16-,17-/m0/s1. The van der Waals surface area contributed by atoms with Crippen LogP contribution in [0.5, 0.6) is 0 Å². The van der Waals surface area contributed by atoms with Crippen LogP contribution in [0.2, 0.25) is 0 Å². The number of hydrogen-bond donors (Lipinski definition) is 0. The second-order valence-electron chi connectivity index (χ2n) is 7.85. The number of carbonyl (C=O) groups is 3. The van der Waals surface area contributed by atoms with Crippen molar-refractivity contribution in [1.82, 2.24) is 4.90 Å². The summed E-state index contributed by atoms with van der Waals surface area (Å²) >= 11 is 0. The summed E-state index contributed by atoms with van der Waals surface area (Å²) in [5.41, 5.74) is 0.228. The second kappa shape index (κ2) is 9.02. The summed E-state index contributed by atoms with van der Waals surface area (Å²) in [5.74, 6) is -1.38. The molecule has 0 spiro atoms. The van der Waals surface area contributed by atoms with Gasteiger partial charge < -0.3 is 9.47 Å². The van der Waals surface area contributed by atoms with Gasteiger partial charge in [0.1, 0.15) is 11.6 Å². The minimum Gasteiger partial charge on any atom is -0.464 e. The van der Waals surface area contributed by atoms with Gasteiger partial charge in [0.25, 0.3) is 0 Å². The molecule has 0 radical (unpaired) electrons. The highest BCUT2D eigenvalue weighted by Gasteiger charge is 2.48. The van der Waals surface area contributed by atoms with Crippen molar-refractivity contribution < 1.29 is 23.9 Å². The predicted molar refractivity (Wildman–Crippen MR) is 101 cm³/mol. The first kappa shape index (κ1) is 20.9. The Bertz CT molecular complexity index is 665. The highest BCUT2D eigenvalue weighted by Crippen LogP contribution is 2.30. The molecule has 1 aliphatic rings. The summed E-state index contributed by atoms with van der Waals surface area (Å²) in [6.07, 6.45) is 1.56. The lowest BCUT2D eigenvalue weighted by Crippen LogP contribution is -2.46. The Labute approximate surface area is 160 Å². The Morgan fingerprint density at radius 1 is 1.19 bits per heavy atom. The lowest BCUT2D eigenvalue weighted by molar-refractivity contribution is -0.151. The van der Waals surface area contributed by atoms with Crippen LogP contribution in [0.25, 0.3) is 0 Å². The maximum atomic E-state index is 12.9. The van der Waals surface area contributed by atoms with E-state index in [4.69, 9.17) is 9.47 Å². The van der Waals surface area contributed by atoms with Gasteiger partial charge in [0.2, 0.25) is 5.91 Å². The van der Waals surface area contributed by atoms with Crippen molar-refractivity contribution in [2.24, 2.45) is 5.92 Å². The van der Waals surface area contributed by atoms with E-state index >= 15 is 0 Å². The Morgan fingerprint density at radius 3 is 2.44 bits per heavy atom. The van der Waals surface area contributed by atoms with Gasteiger partial charge in [0, 0.05) is 5.92 Å². The lowest BCUT2D eigenvalue weighted by atomic mass is 9.96. The van der Waals surface area contributed by atoms with Crippen molar-refractivity contribution >= 4 is 18.0 Å². The average Bonchev–Trinajstić information content (AvgIpc) is 2.91. The molecule has 6 nitrogen and oxygen atoms in total. The normalized spacial score (nSPS) is 19.9. The first-order valence-electron chi connectivity index (χ1n) is 9.49. The van der Waals surface area contributed by atoms with Crippen LogP contribution in [-0.4, -0.2) is 41.1 Å². The SMILES string of the molecule is CCCCOC(=O)[C@@H]1C[C@H](Cc2ccccc2)C(=O)N1C(=O)OC(C)(C)C. The van der Waals surface area contributed by atoms with E-state index in [-0.39, 0.29) is 18.9 Å². The van der Waals surface area contributed by atoms with E-state index in [9.17, 15) is 14.4 Å². The third-order valence-corrected chi connectivity index (χ3v) is 4.34. The van der Waals surface area contributed by atoms with Crippen molar-refractivity contribution in [2.45, 2.75) is 65.0 Å². The number of likely N-dealkylation sites (tertiary alicyclic amines) is 1. The number of ether oxygens (including phenoxy) is 2. The summed E-state index contributed by atoms with van der Waals surface area (Å²) in [6.45, 7) is 7.45. The molecule has 0 saturated carbocycles. The van der Waals surface area contributed by atoms with Gasteiger partial charge in [0.15, 0.2) is 0 Å². The van der Waals surface area contributed by atoms with Gasteiger partial charge in [-0.3, -0.25) is 4.79 Å². The van der Waals surface area contributed by atoms with Gasteiger partial charge in [0.05, 0.1) is 6.61 Å². The first-order valence-corrected chi connectivity index (χ1v) is 9.49. The van der Waals surface area contributed by atoms with Gasteiger partial charge >= 0.3 is 12.1 Å². The zero-order chi connectivity index (χ0) is 20.0. The van der Waals surface area contributed by atoms with Gasteiger partial charge in [-0.25, -0.2) is 14.5 Å². The number of hydrogen-bond acceptors (Lipinski definition) is 5. The second-order valence-corrected chi connectivity index (χ2v) is 7.85. The smallest absolute Gasteiger partial charge is 0.417 e. The maximum absolute atomic E-state index is 12.9. The van der Waals surface area contributed by atoms with E-state index in [2.05, 4.69) is 0 Å². The fourth-order valence-electron chi connectivity index (χ4n) is 3.04.